The summed E-state index contributed by atoms with van der Waals surface area (Å²) in [6, 6.07) is 6.39. The maximum atomic E-state index is 7.00. The third kappa shape index (κ3) is 18.2. The van der Waals surface area contributed by atoms with Crippen molar-refractivity contribution in [2.45, 2.75) is 0 Å². The Kier molecular flexibility index (Phi) is 27.8. The molecule has 6 bridgehead atoms. The number of nitrogens with zero attached hydrogens (tertiary/aromatic N) is 6. The predicted octanol–water partition coefficient (Wildman–Crippen LogP) is -4.80. The normalized spacial score (nSPS) is 14.5. The van der Waals surface area contributed by atoms with Crippen LogP contribution in [0.15, 0.2) is 24.3 Å². The third-order valence-corrected chi connectivity index (χ3v) is 4.73. The number of benzene rings is 1. The van der Waals surface area contributed by atoms with Crippen molar-refractivity contribution in [1.82, 2.24) is 29.9 Å². The van der Waals surface area contributed by atoms with Gasteiger partial charge in [0.2, 0.25) is 10.6 Å². The Balaban J connectivity index is 0. The van der Waals surface area contributed by atoms with Crippen LogP contribution in [0.25, 0.3) is 0 Å². The molecule has 2 aromatic heterocycles. The second-order valence-electron chi connectivity index (χ2n) is 7.16. The Hall–Kier alpha value is -1.00. The maximum Gasteiger partial charge on any atom is 2.00 e. The Bertz CT molecular complexity index is 1100. The molecule has 0 atom stereocenters. The van der Waals surface area contributed by atoms with Gasteiger partial charge in [-0.05, 0) is 35.3 Å². The molecule has 0 fully saturated rings. The zero-order valence-corrected chi connectivity index (χ0v) is 30.4. The first-order chi connectivity index (χ1) is 19.6. The van der Waals surface area contributed by atoms with Crippen molar-refractivity contribution in [2.24, 2.45) is 0 Å². The van der Waals surface area contributed by atoms with E-state index in [0.717, 1.165) is 7.11 Å². The molecule has 1 aliphatic rings. The zero-order chi connectivity index (χ0) is 28.4. The van der Waals surface area contributed by atoms with E-state index in [1.54, 1.807) is 24.3 Å². The fourth-order valence-corrected chi connectivity index (χ4v) is 3.10. The quantitative estimate of drug-likeness (QED) is 0.212. The summed E-state index contributed by atoms with van der Waals surface area (Å²) in [5, 5.41) is 6.80. The number of halogens is 4. The van der Waals surface area contributed by atoms with Crippen LogP contribution in [-0.4, -0.2) is 151 Å². The average molecular weight is 821 g/mol. The minimum Gasteiger partial charge on any atom is -1.00 e. The Morgan fingerprint density at radius 3 is 1.23 bits per heavy atom. The number of aliphatic hydroxyl groups excluding tert-OH is 1. The number of hydrogen-bond acceptors (Lipinski definition) is 15. The number of rotatable bonds is 0. The van der Waals surface area contributed by atoms with Crippen LogP contribution >= 0.6 is 23.2 Å². The molecule has 4 rings (SSSR count). The van der Waals surface area contributed by atoms with Crippen LogP contribution in [0.5, 0.6) is 35.5 Å². The van der Waals surface area contributed by atoms with Crippen molar-refractivity contribution in [2.75, 3.05) is 73.2 Å². The molecule has 0 spiro atoms. The molecule has 1 aromatic carbocycles. The molecular weight excluding hydrogens is 791 g/mol. The fraction of sp³-hybridized carbons (Fsp3) is 0.478. The second-order valence-corrected chi connectivity index (χ2v) is 7.84. The fourth-order valence-electron chi connectivity index (χ4n) is 2.81. The van der Waals surface area contributed by atoms with Crippen LogP contribution < -0.4 is 52.9 Å². The molecule has 44 heavy (non-hydrogen) atoms. The molecule has 1 aliphatic heterocycles. The van der Waals surface area contributed by atoms with Crippen molar-refractivity contribution < 1.29 is 82.4 Å². The minimum absolute atomic E-state index is 0. The first-order valence-electron chi connectivity index (χ1n) is 11.9. The van der Waals surface area contributed by atoms with Crippen molar-refractivity contribution in [3.63, 3.8) is 0 Å². The van der Waals surface area contributed by atoms with E-state index < -0.39 is 0 Å². The van der Waals surface area contributed by atoms with Crippen molar-refractivity contribution in [3.05, 3.63) is 34.8 Å². The molecular formula is C23H30Br2CaCl2N6O10. The molecule has 242 valence electrons. The molecule has 0 unspecified atom stereocenters. The van der Waals surface area contributed by atoms with Gasteiger partial charge >= 0.3 is 61.8 Å². The first kappa shape index (κ1) is 45.1. The van der Waals surface area contributed by atoms with Crippen LogP contribution in [-0.2, 0) is 18.9 Å². The minimum atomic E-state index is -0.101. The Morgan fingerprint density at radius 1 is 0.545 bits per heavy atom. The van der Waals surface area contributed by atoms with Gasteiger partial charge in [0, 0.05) is 13.2 Å². The molecule has 21 heteroatoms. The third-order valence-electron chi connectivity index (χ3n) is 4.39. The molecule has 0 radical (unpaired) electrons. The first-order valence-corrected chi connectivity index (χ1v) is 12.7. The van der Waals surface area contributed by atoms with Gasteiger partial charge < -0.3 is 82.4 Å². The van der Waals surface area contributed by atoms with Crippen LogP contribution in [0.2, 0.25) is 10.6 Å². The molecule has 0 saturated heterocycles. The van der Waals surface area contributed by atoms with Gasteiger partial charge in [-0.3, -0.25) is 0 Å². The summed E-state index contributed by atoms with van der Waals surface area (Å²) in [6.45, 7) is 3.44. The zero-order valence-electron chi connectivity index (χ0n) is 23.5. The summed E-state index contributed by atoms with van der Waals surface area (Å²) >= 11 is 12.0. The summed E-state index contributed by atoms with van der Waals surface area (Å²) in [6.07, 6.45) is 0. The smallest absolute Gasteiger partial charge is 1.00 e. The maximum absolute atomic E-state index is 7.00. The van der Waals surface area contributed by atoms with Gasteiger partial charge in [-0.25, -0.2) is 0 Å². The monoisotopic (exact) mass is 818 g/mol. The van der Waals surface area contributed by atoms with E-state index in [1.807, 2.05) is 0 Å². The van der Waals surface area contributed by atoms with E-state index >= 15 is 0 Å². The molecule has 3 aromatic rings. The van der Waals surface area contributed by atoms with E-state index in [0.29, 0.717) is 64.4 Å². The van der Waals surface area contributed by atoms with Gasteiger partial charge in [-0.2, -0.15) is 19.9 Å². The molecule has 0 amide bonds. The Morgan fingerprint density at radius 2 is 0.864 bits per heavy atom. The largest absolute Gasteiger partial charge is 2.00 e. The molecule has 3 heterocycles. The van der Waals surface area contributed by atoms with E-state index in [2.05, 4.69) is 29.9 Å². The van der Waals surface area contributed by atoms with Gasteiger partial charge in [-0.1, -0.05) is 6.07 Å². The summed E-state index contributed by atoms with van der Waals surface area (Å²) in [7, 11) is 1.00. The van der Waals surface area contributed by atoms with E-state index in [-0.39, 0.29) is 125 Å². The van der Waals surface area contributed by atoms with E-state index in [9.17, 15) is 0 Å². The van der Waals surface area contributed by atoms with Crippen molar-refractivity contribution in [1.29, 1.82) is 0 Å². The van der Waals surface area contributed by atoms with Gasteiger partial charge in [0.05, 0.1) is 52.9 Å². The van der Waals surface area contributed by atoms with Gasteiger partial charge in [0.15, 0.2) is 0 Å². The van der Waals surface area contributed by atoms with Crippen LogP contribution in [0.1, 0.15) is 0 Å². The Labute approximate surface area is 314 Å². The van der Waals surface area contributed by atoms with Crippen molar-refractivity contribution in [3.8, 4) is 35.5 Å². The number of aliphatic hydroxyl groups is 1. The standard InChI is InChI=1S/C22H24Cl2N6O8.CH4O.2BrH.Ca.H2O/c23-17-25-19-29-21(27-17)37-15-2-1-3-16(14-15)38-22-28-18(24)26-20(30-22)36-13-11-34-9-7-32-5-4-31-6-8-33-10-12-35-19;1-2;;;;/h1-3,14H,4-13H2;2H,1H3;2*1H;;1H2/q;;;;+2;/p-2. The second kappa shape index (κ2) is 27.1. The number of ether oxygens (including phenoxy) is 8. The van der Waals surface area contributed by atoms with Gasteiger partial charge in [-0.15, -0.1) is 9.97 Å². The SMILES string of the molecule is CO.Clc1nc2nc(n1)Oc1cccc(c1)Oc1nc(Cl)nc(n1)OCCOCCOCCOCCOCCO2.O.[Br-].[Br-].[Ca+2]. The number of hydrogen-bond donors (Lipinski definition) is 1. The topological polar surface area (TPSA) is 203 Å². The van der Waals surface area contributed by atoms with Gasteiger partial charge in [0.1, 0.15) is 24.7 Å². The number of fused-ring (bicyclic) bond motifs is 6. The summed E-state index contributed by atoms with van der Waals surface area (Å²) in [5.41, 5.74) is 0. The average Bonchev–Trinajstić information content (AvgIpc) is 2.93. The van der Waals surface area contributed by atoms with E-state index in [1.165, 1.54) is 0 Å². The molecule has 0 aliphatic carbocycles. The predicted molar refractivity (Wildman–Crippen MR) is 148 cm³/mol. The molecule has 16 nitrogen and oxygen atoms in total. The summed E-state index contributed by atoms with van der Waals surface area (Å²) in [4.78, 5) is 24.0. The summed E-state index contributed by atoms with van der Waals surface area (Å²) in [5.74, 6) is 0.684. The number of aromatic nitrogens is 6. The van der Waals surface area contributed by atoms with Crippen LogP contribution in [0.4, 0.5) is 0 Å². The van der Waals surface area contributed by atoms with Crippen molar-refractivity contribution >= 4 is 60.9 Å². The van der Waals surface area contributed by atoms with Gasteiger partial charge in [0.25, 0.3) is 0 Å². The summed E-state index contributed by atoms with van der Waals surface area (Å²) < 4.78 is 44.2. The van der Waals surface area contributed by atoms with Crippen LogP contribution in [0.3, 0.4) is 0 Å². The van der Waals surface area contributed by atoms with Crippen LogP contribution in [0, 0.1) is 0 Å². The molecule has 0 saturated carbocycles. The van der Waals surface area contributed by atoms with E-state index in [4.69, 9.17) is 66.2 Å². The molecule has 3 N–H and O–H groups in total.